The number of benzene rings is 1. The molecular formula is C20H24ClN3O5S. The number of amides is 1. The first-order valence-electron chi connectivity index (χ1n) is 9.58. The maximum Gasteiger partial charge on any atom is 0.340 e. The molecule has 1 aromatic heterocycles. The number of sulfonamides is 1. The van der Waals surface area contributed by atoms with Crippen LogP contribution in [0.4, 0.5) is 0 Å². The second-order valence-electron chi connectivity index (χ2n) is 7.00. The predicted octanol–water partition coefficient (Wildman–Crippen LogP) is 2.61. The molecule has 1 amide bonds. The Bertz CT molecular complexity index is 1070. The van der Waals surface area contributed by atoms with Crippen LogP contribution >= 0.6 is 11.6 Å². The fourth-order valence-electron chi connectivity index (χ4n) is 3.54. The highest BCUT2D eigenvalue weighted by Crippen LogP contribution is 2.23. The minimum atomic E-state index is -3.68. The van der Waals surface area contributed by atoms with E-state index >= 15 is 0 Å². The summed E-state index contributed by atoms with van der Waals surface area (Å²) in [5.74, 6) is -0.744. The maximum absolute atomic E-state index is 13.0. The number of carbonyl (C=O) groups is 2. The maximum atomic E-state index is 13.0. The molecule has 10 heteroatoms. The van der Waals surface area contributed by atoms with E-state index in [9.17, 15) is 18.0 Å². The number of piperazine rings is 1. The van der Waals surface area contributed by atoms with E-state index in [0.717, 1.165) is 0 Å². The molecule has 0 spiro atoms. The van der Waals surface area contributed by atoms with Crippen LogP contribution < -0.4 is 0 Å². The summed E-state index contributed by atoms with van der Waals surface area (Å²) in [6.07, 6.45) is 0. The fourth-order valence-corrected chi connectivity index (χ4v) is 5.26. The lowest BCUT2D eigenvalue weighted by atomic mass is 10.1. The summed E-state index contributed by atoms with van der Waals surface area (Å²) in [6, 6.07) is 6.12. The average molecular weight is 454 g/mol. The van der Waals surface area contributed by atoms with Gasteiger partial charge in [-0.15, -0.1) is 0 Å². The molecule has 162 valence electrons. The van der Waals surface area contributed by atoms with Crippen LogP contribution in [0.5, 0.6) is 0 Å². The third-order valence-electron chi connectivity index (χ3n) is 5.09. The minimum absolute atomic E-state index is 0.129. The molecule has 1 aromatic carbocycles. The van der Waals surface area contributed by atoms with Gasteiger partial charge in [0.15, 0.2) is 0 Å². The fraction of sp³-hybridized carbons (Fsp3) is 0.400. The Morgan fingerprint density at radius 3 is 2.43 bits per heavy atom. The molecule has 0 saturated carbocycles. The first-order chi connectivity index (χ1) is 14.2. The van der Waals surface area contributed by atoms with Crippen LogP contribution in [0.3, 0.4) is 0 Å². The molecule has 0 aliphatic carbocycles. The summed E-state index contributed by atoms with van der Waals surface area (Å²) < 4.78 is 32.1. The van der Waals surface area contributed by atoms with Crippen LogP contribution in [0, 0.1) is 13.8 Å². The second kappa shape index (κ2) is 8.79. The number of nitrogens with zero attached hydrogens (tertiary/aromatic N) is 2. The van der Waals surface area contributed by atoms with Crippen molar-refractivity contribution in [2.75, 3.05) is 32.8 Å². The molecule has 1 aliphatic rings. The van der Waals surface area contributed by atoms with Crippen molar-refractivity contribution in [2.45, 2.75) is 25.7 Å². The molecule has 2 heterocycles. The molecule has 0 unspecified atom stereocenters. The molecule has 0 atom stereocenters. The minimum Gasteiger partial charge on any atom is -0.462 e. The van der Waals surface area contributed by atoms with Crippen molar-refractivity contribution in [3.05, 3.63) is 51.8 Å². The molecule has 3 rings (SSSR count). The first-order valence-corrected chi connectivity index (χ1v) is 11.4. The highest BCUT2D eigenvalue weighted by molar-refractivity contribution is 7.89. The third kappa shape index (κ3) is 4.23. The van der Waals surface area contributed by atoms with Crippen LogP contribution in [0.25, 0.3) is 0 Å². The Kier molecular flexibility index (Phi) is 6.54. The van der Waals surface area contributed by atoms with Crippen molar-refractivity contribution < 1.29 is 22.7 Å². The molecule has 0 radical (unpaired) electrons. The zero-order chi connectivity index (χ0) is 22.1. The standard InChI is InChI=1S/C20H24ClN3O5S/c1-4-29-20(26)17-13(2)18(22-14(17)3)19(25)23-8-10-24(11-9-23)30(27,28)16-7-5-6-15(21)12-16/h5-7,12,22H,4,8-11H2,1-3H3. The number of ether oxygens (including phenoxy) is 1. The van der Waals surface area contributed by atoms with E-state index in [1.165, 1.54) is 16.4 Å². The van der Waals surface area contributed by atoms with Gasteiger partial charge in [0, 0.05) is 36.9 Å². The number of H-pyrrole nitrogens is 1. The zero-order valence-corrected chi connectivity index (χ0v) is 18.6. The van der Waals surface area contributed by atoms with Gasteiger partial charge in [0.25, 0.3) is 5.91 Å². The SMILES string of the molecule is CCOC(=O)c1c(C)[nH]c(C(=O)N2CCN(S(=O)(=O)c3cccc(Cl)c3)CC2)c1C. The van der Waals surface area contributed by atoms with E-state index in [1.807, 2.05) is 0 Å². The average Bonchev–Trinajstić information content (AvgIpc) is 3.01. The van der Waals surface area contributed by atoms with Gasteiger partial charge in [0.1, 0.15) is 5.69 Å². The van der Waals surface area contributed by atoms with Gasteiger partial charge in [-0.3, -0.25) is 4.79 Å². The Balaban J connectivity index is 1.73. The van der Waals surface area contributed by atoms with Gasteiger partial charge in [-0.25, -0.2) is 13.2 Å². The van der Waals surface area contributed by atoms with Gasteiger partial charge >= 0.3 is 5.97 Å². The topological polar surface area (TPSA) is 99.8 Å². The number of nitrogens with one attached hydrogen (secondary N) is 1. The lowest BCUT2D eigenvalue weighted by Crippen LogP contribution is -2.50. The van der Waals surface area contributed by atoms with Crippen LogP contribution in [0.1, 0.15) is 39.0 Å². The summed E-state index contributed by atoms with van der Waals surface area (Å²) in [5, 5.41) is 0.347. The van der Waals surface area contributed by atoms with Crippen molar-refractivity contribution in [3.63, 3.8) is 0 Å². The summed E-state index contributed by atoms with van der Waals surface area (Å²) >= 11 is 5.92. The van der Waals surface area contributed by atoms with Crippen LogP contribution in [-0.2, 0) is 14.8 Å². The van der Waals surface area contributed by atoms with Crippen LogP contribution in [0.15, 0.2) is 29.2 Å². The number of rotatable bonds is 5. The summed E-state index contributed by atoms with van der Waals surface area (Å²) in [4.78, 5) is 29.8. The van der Waals surface area contributed by atoms with Gasteiger partial charge < -0.3 is 14.6 Å². The highest BCUT2D eigenvalue weighted by atomic mass is 35.5. The largest absolute Gasteiger partial charge is 0.462 e. The van der Waals surface area contributed by atoms with Gasteiger partial charge in [-0.05, 0) is 44.5 Å². The monoisotopic (exact) mass is 453 g/mol. The number of aryl methyl sites for hydroxylation is 1. The number of aromatic amines is 1. The quantitative estimate of drug-likeness (QED) is 0.701. The van der Waals surface area contributed by atoms with Crippen molar-refractivity contribution in [1.82, 2.24) is 14.2 Å². The van der Waals surface area contributed by atoms with E-state index in [-0.39, 0.29) is 43.6 Å². The van der Waals surface area contributed by atoms with E-state index in [0.29, 0.717) is 27.5 Å². The van der Waals surface area contributed by atoms with Gasteiger partial charge in [-0.1, -0.05) is 17.7 Å². The first kappa shape index (κ1) is 22.3. The Morgan fingerprint density at radius 2 is 1.83 bits per heavy atom. The van der Waals surface area contributed by atoms with Crippen LogP contribution in [0.2, 0.25) is 5.02 Å². The van der Waals surface area contributed by atoms with Gasteiger partial charge in [0.2, 0.25) is 10.0 Å². The van der Waals surface area contributed by atoms with E-state index in [4.69, 9.17) is 16.3 Å². The molecule has 0 bridgehead atoms. The predicted molar refractivity (Wildman–Crippen MR) is 112 cm³/mol. The highest BCUT2D eigenvalue weighted by Gasteiger charge is 2.32. The van der Waals surface area contributed by atoms with Gasteiger partial charge in [0.05, 0.1) is 17.1 Å². The summed E-state index contributed by atoms with van der Waals surface area (Å²) in [7, 11) is -3.68. The summed E-state index contributed by atoms with van der Waals surface area (Å²) in [6.45, 7) is 6.20. The Morgan fingerprint density at radius 1 is 1.17 bits per heavy atom. The number of hydrogen-bond acceptors (Lipinski definition) is 5. The molecule has 8 nitrogen and oxygen atoms in total. The molecule has 2 aromatic rings. The van der Waals surface area contributed by atoms with E-state index in [1.54, 1.807) is 37.8 Å². The number of halogens is 1. The Labute approximate surface area is 180 Å². The van der Waals surface area contributed by atoms with Crippen molar-refractivity contribution in [3.8, 4) is 0 Å². The zero-order valence-electron chi connectivity index (χ0n) is 17.1. The normalized spacial score (nSPS) is 15.3. The molecule has 30 heavy (non-hydrogen) atoms. The number of hydrogen-bond donors (Lipinski definition) is 1. The molecule has 1 saturated heterocycles. The number of carbonyl (C=O) groups excluding carboxylic acids is 2. The third-order valence-corrected chi connectivity index (χ3v) is 7.22. The van der Waals surface area contributed by atoms with E-state index in [2.05, 4.69) is 4.98 Å². The van der Waals surface area contributed by atoms with Gasteiger partial charge in [-0.2, -0.15) is 4.31 Å². The molecule has 1 aliphatic heterocycles. The lowest BCUT2D eigenvalue weighted by molar-refractivity contribution is 0.0525. The van der Waals surface area contributed by atoms with Crippen molar-refractivity contribution >= 4 is 33.5 Å². The molecule has 1 fully saturated rings. The smallest absolute Gasteiger partial charge is 0.340 e. The molecular weight excluding hydrogens is 430 g/mol. The van der Waals surface area contributed by atoms with E-state index < -0.39 is 16.0 Å². The van der Waals surface area contributed by atoms with Crippen LogP contribution in [-0.4, -0.2) is 67.3 Å². The number of esters is 1. The second-order valence-corrected chi connectivity index (χ2v) is 9.37. The molecule has 1 N–H and O–H groups in total. The summed E-state index contributed by atoms with van der Waals surface area (Å²) in [5.41, 5.74) is 1.78. The van der Waals surface area contributed by atoms with Crippen molar-refractivity contribution in [1.29, 1.82) is 0 Å². The lowest BCUT2D eigenvalue weighted by Gasteiger charge is -2.34. The number of aromatic nitrogens is 1. The Hall–Kier alpha value is -2.36. The van der Waals surface area contributed by atoms with Crippen molar-refractivity contribution in [2.24, 2.45) is 0 Å².